The number of ether oxygens (including phenoxy) is 2. The number of hydrogen-bond donors (Lipinski definition) is 1. The minimum absolute atomic E-state index is 0.102. The van der Waals surface area contributed by atoms with Crippen molar-refractivity contribution < 1.29 is 9.47 Å². The summed E-state index contributed by atoms with van der Waals surface area (Å²) in [7, 11) is 1.71. The second-order valence-electron chi connectivity index (χ2n) is 5.63. The van der Waals surface area contributed by atoms with E-state index in [1.807, 2.05) is 44.2 Å². The highest BCUT2D eigenvalue weighted by atomic mass is 16.5. The van der Waals surface area contributed by atoms with Crippen LogP contribution in [0.2, 0.25) is 0 Å². The van der Waals surface area contributed by atoms with E-state index in [1.165, 1.54) is 0 Å². The van der Waals surface area contributed by atoms with Crippen molar-refractivity contribution in [3.8, 4) is 0 Å². The molecule has 0 heterocycles. The largest absolute Gasteiger partial charge is 0.492 e. The molecule has 0 aliphatic heterocycles. The molecule has 1 aromatic rings. The lowest BCUT2D eigenvalue weighted by molar-refractivity contribution is 0.194. The number of benzene rings is 1. The van der Waals surface area contributed by atoms with Gasteiger partial charge in [-0.25, -0.2) is 0 Å². The van der Waals surface area contributed by atoms with Crippen molar-refractivity contribution in [3.63, 3.8) is 0 Å². The van der Waals surface area contributed by atoms with E-state index in [2.05, 4.69) is 23.6 Å². The Morgan fingerprint density at radius 2 is 2.04 bits per heavy atom. The molecule has 0 saturated carbocycles. The van der Waals surface area contributed by atoms with Crippen LogP contribution in [-0.4, -0.2) is 39.5 Å². The minimum atomic E-state index is -0.102. The Balaban J connectivity index is 2.61. The first-order valence-corrected chi connectivity index (χ1v) is 8.25. The zero-order valence-corrected chi connectivity index (χ0v) is 15.1. The predicted octanol–water partition coefficient (Wildman–Crippen LogP) is 3.52. The van der Waals surface area contributed by atoms with Crippen molar-refractivity contribution in [2.75, 3.05) is 38.3 Å². The molecule has 0 aliphatic rings. The molecule has 0 radical (unpaired) electrons. The van der Waals surface area contributed by atoms with E-state index in [9.17, 15) is 0 Å². The third kappa shape index (κ3) is 7.49. The van der Waals surface area contributed by atoms with Crippen LogP contribution in [-0.2, 0) is 9.47 Å². The number of hydrogen-bond acceptors (Lipinski definition) is 4. The molecule has 1 atom stereocenters. The number of nitrogens with two attached hydrogens (primary N) is 1. The molecule has 2 N–H and O–H groups in total. The fraction of sp³-hybridized carbons (Fsp3) is 0.400. The average Bonchev–Trinajstić information content (AvgIpc) is 2.62. The van der Waals surface area contributed by atoms with Crippen LogP contribution >= 0.6 is 0 Å². The third-order valence-corrected chi connectivity index (χ3v) is 3.58. The summed E-state index contributed by atoms with van der Waals surface area (Å²) in [5, 5.41) is 0. The van der Waals surface area contributed by atoms with E-state index < -0.39 is 0 Å². The molecule has 0 bridgehead atoms. The van der Waals surface area contributed by atoms with Crippen LogP contribution in [0.1, 0.15) is 13.8 Å². The molecular formula is C20H30N2O2. The van der Waals surface area contributed by atoms with E-state index in [4.69, 9.17) is 15.2 Å². The van der Waals surface area contributed by atoms with Crippen molar-refractivity contribution >= 4 is 5.69 Å². The number of rotatable bonds is 11. The van der Waals surface area contributed by atoms with Crippen LogP contribution in [0.25, 0.3) is 0 Å². The Labute approximate surface area is 146 Å². The minimum Gasteiger partial charge on any atom is -0.492 e. The molecule has 0 saturated heterocycles. The Morgan fingerprint density at radius 1 is 1.33 bits per heavy atom. The molecule has 0 spiro atoms. The Morgan fingerprint density at radius 3 is 2.62 bits per heavy atom. The van der Waals surface area contributed by atoms with E-state index in [-0.39, 0.29) is 6.04 Å². The number of allylic oxidation sites excluding steroid dienone is 4. The molecule has 132 valence electrons. The van der Waals surface area contributed by atoms with Gasteiger partial charge in [-0.3, -0.25) is 0 Å². The molecule has 1 aromatic carbocycles. The fourth-order valence-electron chi connectivity index (χ4n) is 2.20. The maximum atomic E-state index is 6.27. The van der Waals surface area contributed by atoms with Crippen LogP contribution < -0.4 is 10.6 Å². The second kappa shape index (κ2) is 11.5. The van der Waals surface area contributed by atoms with Gasteiger partial charge in [0.15, 0.2) is 0 Å². The number of para-hydroxylation sites is 1. The molecule has 4 heteroatoms. The number of methoxy groups -OCH3 is 1. The molecular weight excluding hydrogens is 300 g/mol. The Kier molecular flexibility index (Phi) is 9.58. The maximum absolute atomic E-state index is 6.27. The summed E-state index contributed by atoms with van der Waals surface area (Å²) in [4.78, 5) is 2.22. The summed E-state index contributed by atoms with van der Waals surface area (Å²) in [6.07, 6.45) is 5.69. The van der Waals surface area contributed by atoms with Crippen LogP contribution in [0.15, 0.2) is 66.5 Å². The lowest BCUT2D eigenvalue weighted by Crippen LogP contribution is -2.41. The number of nitrogens with zero attached hydrogens (tertiary/aromatic N) is 1. The van der Waals surface area contributed by atoms with Crippen LogP contribution in [0, 0.1) is 0 Å². The smallest absolute Gasteiger partial charge is 0.115 e. The topological polar surface area (TPSA) is 47.7 Å². The van der Waals surface area contributed by atoms with Gasteiger partial charge in [-0.1, -0.05) is 30.9 Å². The second-order valence-corrected chi connectivity index (χ2v) is 5.63. The highest BCUT2D eigenvalue weighted by Gasteiger charge is 2.12. The Bertz CT molecular complexity index is 538. The summed E-state index contributed by atoms with van der Waals surface area (Å²) in [6, 6.07) is 10.1. The molecule has 1 rings (SSSR count). The Hall–Kier alpha value is -2.04. The molecule has 0 aliphatic carbocycles. The first kappa shape index (κ1) is 20.0. The molecule has 0 amide bonds. The third-order valence-electron chi connectivity index (χ3n) is 3.58. The van der Waals surface area contributed by atoms with E-state index >= 15 is 0 Å². The molecule has 4 nitrogen and oxygen atoms in total. The van der Waals surface area contributed by atoms with Gasteiger partial charge in [0.25, 0.3) is 0 Å². The summed E-state index contributed by atoms with van der Waals surface area (Å²) in [5.41, 5.74) is 8.47. The quantitative estimate of drug-likeness (QED) is 0.498. The van der Waals surface area contributed by atoms with E-state index in [0.717, 1.165) is 23.6 Å². The van der Waals surface area contributed by atoms with Gasteiger partial charge in [-0.05, 0) is 43.7 Å². The van der Waals surface area contributed by atoms with E-state index in [0.29, 0.717) is 19.8 Å². The monoisotopic (exact) mass is 330 g/mol. The highest BCUT2D eigenvalue weighted by molar-refractivity contribution is 5.46. The van der Waals surface area contributed by atoms with Crippen molar-refractivity contribution in [1.82, 2.24) is 0 Å². The summed E-state index contributed by atoms with van der Waals surface area (Å²) >= 11 is 0. The normalized spacial score (nSPS) is 13.5. The van der Waals surface area contributed by atoms with Gasteiger partial charge in [0, 0.05) is 25.9 Å². The zero-order chi connectivity index (χ0) is 17.8. The van der Waals surface area contributed by atoms with Gasteiger partial charge in [0.05, 0.1) is 12.6 Å². The first-order chi connectivity index (χ1) is 11.6. The first-order valence-electron chi connectivity index (χ1n) is 8.25. The predicted molar refractivity (Wildman–Crippen MR) is 102 cm³/mol. The average molecular weight is 330 g/mol. The van der Waals surface area contributed by atoms with Gasteiger partial charge in [0.2, 0.25) is 0 Å². The summed E-state index contributed by atoms with van der Waals surface area (Å²) in [5.74, 6) is 0.811. The van der Waals surface area contributed by atoms with Crippen LogP contribution in [0.4, 0.5) is 5.69 Å². The molecule has 1 unspecified atom stereocenters. The zero-order valence-electron chi connectivity index (χ0n) is 15.1. The van der Waals surface area contributed by atoms with Crippen LogP contribution in [0.3, 0.4) is 0 Å². The van der Waals surface area contributed by atoms with Crippen molar-refractivity contribution in [1.29, 1.82) is 0 Å². The fourth-order valence-corrected chi connectivity index (χ4v) is 2.20. The van der Waals surface area contributed by atoms with Crippen LogP contribution in [0.5, 0.6) is 0 Å². The number of anilines is 1. The van der Waals surface area contributed by atoms with Gasteiger partial charge >= 0.3 is 0 Å². The van der Waals surface area contributed by atoms with Gasteiger partial charge < -0.3 is 20.1 Å². The van der Waals surface area contributed by atoms with Crippen molar-refractivity contribution in [2.24, 2.45) is 5.73 Å². The van der Waals surface area contributed by atoms with Gasteiger partial charge in [-0.15, -0.1) is 0 Å². The molecule has 24 heavy (non-hydrogen) atoms. The summed E-state index contributed by atoms with van der Waals surface area (Å²) in [6.45, 7) is 10.3. The lowest BCUT2D eigenvalue weighted by atomic mass is 10.2. The van der Waals surface area contributed by atoms with Crippen molar-refractivity contribution in [2.45, 2.75) is 19.9 Å². The summed E-state index contributed by atoms with van der Waals surface area (Å²) < 4.78 is 11.0. The maximum Gasteiger partial charge on any atom is 0.115 e. The van der Waals surface area contributed by atoms with Crippen molar-refractivity contribution in [3.05, 3.63) is 66.5 Å². The van der Waals surface area contributed by atoms with E-state index in [1.54, 1.807) is 13.2 Å². The highest BCUT2D eigenvalue weighted by Crippen LogP contribution is 2.13. The molecule has 0 aromatic heterocycles. The SMILES string of the molecule is C=C/C(C)=C\C(=C/C)OCC(N)CN(CCOC)c1ccccc1. The molecule has 0 fully saturated rings. The standard InChI is InChI=1S/C20H30N2O2/c1-5-17(3)14-20(6-2)24-16-18(21)15-22(12-13-23-4)19-10-8-7-9-11-19/h5-11,14,18H,1,12-13,15-16,21H2,2-4H3/b17-14-,20-6+. The van der Waals surface area contributed by atoms with Gasteiger partial charge in [0.1, 0.15) is 12.4 Å². The lowest BCUT2D eigenvalue weighted by Gasteiger charge is -2.27. The van der Waals surface area contributed by atoms with Gasteiger partial charge in [-0.2, -0.15) is 0 Å².